The first kappa shape index (κ1) is 16.0. The first-order valence-electron chi connectivity index (χ1n) is 5.66. The van der Waals surface area contributed by atoms with Crippen molar-refractivity contribution >= 4 is 27.2 Å². The average molecular weight is 302 g/mol. The maximum atomic E-state index is 12.0. The number of hydrogen-bond donors (Lipinski definition) is 2. The lowest BCUT2D eigenvalue weighted by Crippen LogP contribution is -2.38. The molecule has 0 saturated heterocycles. The van der Waals surface area contributed by atoms with E-state index in [2.05, 4.69) is 9.71 Å². The molecule has 0 bridgehead atoms. The molecule has 1 rings (SSSR count). The molecule has 1 aromatic heterocycles. The van der Waals surface area contributed by atoms with E-state index in [0.29, 0.717) is 12.2 Å². The fraction of sp³-hybridized carbons (Fsp3) is 0.455. The van der Waals surface area contributed by atoms with E-state index in [1.54, 1.807) is 0 Å². The lowest BCUT2D eigenvalue weighted by atomic mass is 10.3. The number of likely N-dealkylation sites (N-methyl/N-ethyl adjacent to an activating group) is 1. The van der Waals surface area contributed by atoms with Crippen molar-refractivity contribution in [3.8, 4) is 0 Å². The van der Waals surface area contributed by atoms with E-state index in [4.69, 9.17) is 18.0 Å². The number of rotatable bonds is 6. The van der Waals surface area contributed by atoms with Crippen LogP contribution in [-0.4, -0.2) is 50.0 Å². The molecule has 6 nitrogen and oxygen atoms in total. The van der Waals surface area contributed by atoms with Crippen LogP contribution in [0.15, 0.2) is 23.2 Å². The normalized spacial score (nSPS) is 13.5. The summed E-state index contributed by atoms with van der Waals surface area (Å²) in [6, 6.07) is 3.02. The van der Waals surface area contributed by atoms with Gasteiger partial charge >= 0.3 is 0 Å². The minimum atomic E-state index is -3.55. The highest BCUT2D eigenvalue weighted by Crippen LogP contribution is 2.08. The van der Waals surface area contributed by atoms with Gasteiger partial charge in [-0.05, 0) is 33.2 Å². The Hall–Kier alpha value is -1.09. The maximum absolute atomic E-state index is 12.0. The summed E-state index contributed by atoms with van der Waals surface area (Å²) in [6.45, 7) is 2.25. The highest BCUT2D eigenvalue weighted by molar-refractivity contribution is 7.89. The molecular formula is C11H18N4O2S2. The van der Waals surface area contributed by atoms with Crippen LogP contribution in [0.25, 0.3) is 0 Å². The Morgan fingerprint density at radius 1 is 1.53 bits per heavy atom. The molecule has 0 spiro atoms. The minimum absolute atomic E-state index is 0.0958. The van der Waals surface area contributed by atoms with Crippen LogP contribution in [0.1, 0.15) is 12.6 Å². The van der Waals surface area contributed by atoms with Gasteiger partial charge in [-0.3, -0.25) is 4.98 Å². The molecule has 0 aliphatic heterocycles. The molecule has 0 amide bonds. The van der Waals surface area contributed by atoms with Gasteiger partial charge in [0.15, 0.2) is 0 Å². The van der Waals surface area contributed by atoms with Crippen molar-refractivity contribution in [3.63, 3.8) is 0 Å². The second kappa shape index (κ2) is 6.38. The van der Waals surface area contributed by atoms with E-state index in [1.807, 2.05) is 25.9 Å². The zero-order valence-electron chi connectivity index (χ0n) is 11.1. The fourth-order valence-electron chi connectivity index (χ4n) is 1.18. The summed E-state index contributed by atoms with van der Waals surface area (Å²) in [4.78, 5) is 6.07. The lowest BCUT2D eigenvalue weighted by molar-refractivity contribution is 0.314. The largest absolute Gasteiger partial charge is 0.388 e. The molecule has 0 aliphatic carbocycles. The Bertz CT molecular complexity index is 540. The number of aromatic nitrogens is 1. The molecule has 0 fully saturated rings. The monoisotopic (exact) mass is 302 g/mol. The molecule has 0 aromatic carbocycles. The Morgan fingerprint density at radius 2 is 2.16 bits per heavy atom. The Morgan fingerprint density at radius 3 is 2.58 bits per heavy atom. The van der Waals surface area contributed by atoms with E-state index in [9.17, 15) is 8.42 Å². The third kappa shape index (κ3) is 4.50. The van der Waals surface area contributed by atoms with Crippen molar-refractivity contribution in [3.05, 3.63) is 24.0 Å². The second-order valence-corrected chi connectivity index (χ2v) is 6.61. The van der Waals surface area contributed by atoms with Gasteiger partial charge in [0.25, 0.3) is 0 Å². The minimum Gasteiger partial charge on any atom is -0.388 e. The van der Waals surface area contributed by atoms with Crippen LogP contribution in [0, 0.1) is 0 Å². The SMILES string of the molecule is CC(CNS(=O)(=O)c1ccc(C(N)=S)nc1)N(C)C. The third-order valence-electron chi connectivity index (χ3n) is 2.75. The van der Waals surface area contributed by atoms with Gasteiger partial charge in [-0.25, -0.2) is 13.1 Å². The summed E-state index contributed by atoms with van der Waals surface area (Å²) < 4.78 is 26.5. The molecule has 8 heteroatoms. The standard InChI is InChI=1S/C11H18N4O2S2/c1-8(15(2)3)6-14-19(16,17)9-4-5-10(11(12)18)13-7-9/h4-5,7-8,14H,6H2,1-3H3,(H2,12,18). The van der Waals surface area contributed by atoms with Gasteiger partial charge < -0.3 is 10.6 Å². The van der Waals surface area contributed by atoms with Gasteiger partial charge in [-0.15, -0.1) is 0 Å². The predicted molar refractivity (Wildman–Crippen MR) is 78.5 cm³/mol. The molecule has 19 heavy (non-hydrogen) atoms. The number of nitrogens with zero attached hydrogens (tertiary/aromatic N) is 2. The van der Waals surface area contributed by atoms with Crippen molar-refractivity contribution in [2.45, 2.75) is 17.9 Å². The highest BCUT2D eigenvalue weighted by Gasteiger charge is 2.16. The molecule has 1 heterocycles. The van der Waals surface area contributed by atoms with Gasteiger partial charge in [0, 0.05) is 18.8 Å². The molecule has 106 valence electrons. The summed E-state index contributed by atoms with van der Waals surface area (Å²) in [5, 5.41) is 0. The van der Waals surface area contributed by atoms with Gasteiger partial charge in [0.2, 0.25) is 10.0 Å². The first-order valence-corrected chi connectivity index (χ1v) is 7.55. The summed E-state index contributed by atoms with van der Waals surface area (Å²) in [7, 11) is 0.218. The van der Waals surface area contributed by atoms with Crippen LogP contribution in [-0.2, 0) is 10.0 Å². The number of nitrogens with two attached hydrogens (primary N) is 1. The Labute approximate surface area is 119 Å². The van der Waals surface area contributed by atoms with Crippen molar-refractivity contribution in [1.29, 1.82) is 0 Å². The number of pyridine rings is 1. The molecule has 1 unspecified atom stereocenters. The van der Waals surface area contributed by atoms with Gasteiger partial charge in [-0.1, -0.05) is 12.2 Å². The molecule has 0 saturated carbocycles. The summed E-state index contributed by atoms with van der Waals surface area (Å²) >= 11 is 4.76. The first-order chi connectivity index (χ1) is 8.74. The van der Waals surface area contributed by atoms with Gasteiger partial charge in [0.05, 0.1) is 5.69 Å². The molecular weight excluding hydrogens is 284 g/mol. The molecule has 1 atom stereocenters. The topological polar surface area (TPSA) is 88.3 Å². The maximum Gasteiger partial charge on any atom is 0.242 e. The highest BCUT2D eigenvalue weighted by atomic mass is 32.2. The van der Waals surface area contributed by atoms with Crippen molar-refractivity contribution in [2.75, 3.05) is 20.6 Å². The summed E-state index contributed by atoms with van der Waals surface area (Å²) in [5.74, 6) is 0. The number of hydrogen-bond acceptors (Lipinski definition) is 5. The van der Waals surface area contributed by atoms with Gasteiger partial charge in [-0.2, -0.15) is 0 Å². The van der Waals surface area contributed by atoms with Gasteiger partial charge in [0.1, 0.15) is 9.88 Å². The molecule has 1 aromatic rings. The quantitative estimate of drug-likeness (QED) is 0.716. The number of sulfonamides is 1. The van der Waals surface area contributed by atoms with Crippen molar-refractivity contribution < 1.29 is 8.42 Å². The van der Waals surface area contributed by atoms with E-state index in [1.165, 1.54) is 18.3 Å². The van der Waals surface area contributed by atoms with E-state index in [-0.39, 0.29) is 15.9 Å². The molecule has 0 radical (unpaired) electrons. The summed E-state index contributed by atoms with van der Waals surface area (Å²) in [6.07, 6.45) is 1.25. The van der Waals surface area contributed by atoms with Crippen LogP contribution in [0.2, 0.25) is 0 Å². The second-order valence-electron chi connectivity index (χ2n) is 4.41. The smallest absolute Gasteiger partial charge is 0.242 e. The summed E-state index contributed by atoms with van der Waals surface area (Å²) in [5.41, 5.74) is 5.80. The number of thiocarbonyl (C=S) groups is 1. The number of nitrogens with one attached hydrogen (secondary N) is 1. The Kier molecular flexibility index (Phi) is 5.36. The van der Waals surface area contributed by atoms with Crippen LogP contribution in [0.5, 0.6) is 0 Å². The van der Waals surface area contributed by atoms with Crippen LogP contribution < -0.4 is 10.5 Å². The zero-order chi connectivity index (χ0) is 14.6. The van der Waals surface area contributed by atoms with Crippen LogP contribution in [0.4, 0.5) is 0 Å². The van der Waals surface area contributed by atoms with Crippen LogP contribution in [0.3, 0.4) is 0 Å². The van der Waals surface area contributed by atoms with Crippen LogP contribution >= 0.6 is 12.2 Å². The fourth-order valence-corrected chi connectivity index (χ4v) is 2.37. The lowest BCUT2D eigenvalue weighted by Gasteiger charge is -2.19. The van der Waals surface area contributed by atoms with Crippen molar-refractivity contribution in [2.24, 2.45) is 5.73 Å². The van der Waals surface area contributed by atoms with E-state index < -0.39 is 10.0 Å². The van der Waals surface area contributed by atoms with Crippen molar-refractivity contribution in [1.82, 2.24) is 14.6 Å². The van der Waals surface area contributed by atoms with E-state index in [0.717, 1.165) is 0 Å². The molecule has 3 N–H and O–H groups in total. The molecule has 0 aliphatic rings. The predicted octanol–water partition coefficient (Wildman–Crippen LogP) is -0.0558. The zero-order valence-corrected chi connectivity index (χ0v) is 12.8. The third-order valence-corrected chi connectivity index (χ3v) is 4.37. The average Bonchev–Trinajstić information content (AvgIpc) is 2.36. The Balaban J connectivity index is 2.80. The van der Waals surface area contributed by atoms with E-state index >= 15 is 0 Å².